The third-order valence-electron chi connectivity index (χ3n) is 3.41. The number of benzene rings is 1. The molecule has 0 saturated heterocycles. The van der Waals surface area contributed by atoms with Crippen molar-refractivity contribution in [3.63, 3.8) is 0 Å². The molecule has 20 heavy (non-hydrogen) atoms. The highest BCUT2D eigenvalue weighted by Gasteiger charge is 2.15. The third-order valence-corrected chi connectivity index (χ3v) is 3.41. The summed E-state index contributed by atoms with van der Waals surface area (Å²) >= 11 is 0. The van der Waals surface area contributed by atoms with Gasteiger partial charge in [0, 0.05) is 12.2 Å². The highest BCUT2D eigenvalue weighted by Crippen LogP contribution is 2.24. The Hall–Kier alpha value is -1.88. The summed E-state index contributed by atoms with van der Waals surface area (Å²) in [4.78, 5) is 23.3. The second-order valence-corrected chi connectivity index (χ2v) is 5.18. The Morgan fingerprint density at radius 2 is 2.00 bits per heavy atom. The van der Waals surface area contributed by atoms with Crippen molar-refractivity contribution in [2.24, 2.45) is 0 Å². The van der Waals surface area contributed by atoms with Crippen molar-refractivity contribution < 1.29 is 14.7 Å². The van der Waals surface area contributed by atoms with E-state index in [9.17, 15) is 9.59 Å². The van der Waals surface area contributed by atoms with Crippen LogP contribution in [0.15, 0.2) is 18.2 Å². The molecule has 2 rings (SSSR count). The molecule has 1 unspecified atom stereocenters. The number of rotatable bonds is 4. The van der Waals surface area contributed by atoms with Gasteiger partial charge >= 0.3 is 11.8 Å². The number of carbonyl (C=O) groups is 2. The monoisotopic (exact) mass is 276 g/mol. The maximum atomic E-state index is 11.7. The Morgan fingerprint density at radius 1 is 1.25 bits per heavy atom. The summed E-state index contributed by atoms with van der Waals surface area (Å²) in [6, 6.07) is 5.76. The van der Waals surface area contributed by atoms with Crippen LogP contribution in [0.3, 0.4) is 0 Å². The van der Waals surface area contributed by atoms with Crippen LogP contribution < -0.4 is 10.6 Å². The molecular formula is C15H20N2O3. The van der Waals surface area contributed by atoms with Crippen LogP contribution in [0.25, 0.3) is 0 Å². The molecule has 1 atom stereocenters. The number of fused-ring (bicyclic) bond motifs is 1. The average molecular weight is 276 g/mol. The molecule has 108 valence electrons. The lowest BCUT2D eigenvalue weighted by Crippen LogP contribution is -2.36. The molecule has 0 spiro atoms. The van der Waals surface area contributed by atoms with Crippen LogP contribution in [-0.4, -0.2) is 29.6 Å². The number of nitrogens with one attached hydrogen (secondary N) is 2. The summed E-state index contributed by atoms with van der Waals surface area (Å²) in [5.74, 6) is -1.35. The van der Waals surface area contributed by atoms with Crippen LogP contribution in [-0.2, 0) is 22.4 Å². The minimum atomic E-state index is -0.675. The molecule has 0 bridgehead atoms. The van der Waals surface area contributed by atoms with Gasteiger partial charge in [0.25, 0.3) is 0 Å². The SMILES string of the molecule is CC(O)CCNC(=O)C(=O)Nc1ccc2c(c1)CCC2. The largest absolute Gasteiger partial charge is 0.393 e. The molecule has 0 aliphatic heterocycles. The maximum Gasteiger partial charge on any atom is 0.313 e. The van der Waals surface area contributed by atoms with Gasteiger partial charge in [-0.3, -0.25) is 9.59 Å². The van der Waals surface area contributed by atoms with Crippen molar-refractivity contribution >= 4 is 17.5 Å². The number of carbonyl (C=O) groups excluding carboxylic acids is 2. The zero-order valence-electron chi connectivity index (χ0n) is 11.6. The quantitative estimate of drug-likeness (QED) is 0.718. The average Bonchev–Trinajstić information content (AvgIpc) is 2.85. The minimum Gasteiger partial charge on any atom is -0.393 e. The van der Waals surface area contributed by atoms with Crippen molar-refractivity contribution in [1.82, 2.24) is 5.32 Å². The first-order chi connectivity index (χ1) is 9.56. The van der Waals surface area contributed by atoms with E-state index in [4.69, 9.17) is 5.11 Å². The predicted molar refractivity (Wildman–Crippen MR) is 76.4 cm³/mol. The van der Waals surface area contributed by atoms with Gasteiger partial charge in [0.1, 0.15) is 0 Å². The van der Waals surface area contributed by atoms with Crippen molar-refractivity contribution in [3.05, 3.63) is 29.3 Å². The van der Waals surface area contributed by atoms with E-state index in [2.05, 4.69) is 10.6 Å². The molecule has 1 aliphatic carbocycles. The number of amides is 2. The molecule has 1 aliphatic rings. The fraction of sp³-hybridized carbons (Fsp3) is 0.467. The molecule has 0 fully saturated rings. The number of aryl methyl sites for hydroxylation is 2. The summed E-state index contributed by atoms with van der Waals surface area (Å²) in [6.07, 6.45) is 3.20. The molecule has 0 saturated carbocycles. The molecule has 2 amide bonds. The molecule has 1 aromatic rings. The van der Waals surface area contributed by atoms with Crippen LogP contribution >= 0.6 is 0 Å². The Kier molecular flexibility index (Phi) is 4.74. The molecular weight excluding hydrogens is 256 g/mol. The lowest BCUT2D eigenvalue weighted by atomic mass is 10.1. The lowest BCUT2D eigenvalue weighted by Gasteiger charge is -2.08. The van der Waals surface area contributed by atoms with Gasteiger partial charge in [0.2, 0.25) is 0 Å². The minimum absolute atomic E-state index is 0.286. The van der Waals surface area contributed by atoms with Gasteiger partial charge in [0.05, 0.1) is 6.10 Å². The molecule has 5 nitrogen and oxygen atoms in total. The van der Waals surface area contributed by atoms with E-state index in [1.807, 2.05) is 18.2 Å². The van der Waals surface area contributed by atoms with Crippen molar-refractivity contribution in [3.8, 4) is 0 Å². The second-order valence-electron chi connectivity index (χ2n) is 5.18. The molecule has 1 aromatic carbocycles. The standard InChI is InChI=1S/C15H20N2O3/c1-10(18)7-8-16-14(19)15(20)17-13-6-5-11-3-2-4-12(11)9-13/h5-6,9-10,18H,2-4,7-8H2,1H3,(H,16,19)(H,17,20). The number of anilines is 1. The van der Waals surface area contributed by atoms with Crippen LogP contribution in [0.5, 0.6) is 0 Å². The summed E-state index contributed by atoms with van der Waals surface area (Å²) in [7, 11) is 0. The number of aliphatic hydroxyl groups is 1. The first-order valence-electron chi connectivity index (χ1n) is 6.95. The third kappa shape index (κ3) is 3.81. The molecule has 5 heteroatoms. The molecule has 3 N–H and O–H groups in total. The van der Waals surface area contributed by atoms with E-state index in [-0.39, 0.29) is 6.54 Å². The summed E-state index contributed by atoms with van der Waals surface area (Å²) < 4.78 is 0. The van der Waals surface area contributed by atoms with Gasteiger partial charge in [-0.05, 0) is 55.9 Å². The number of hydrogen-bond acceptors (Lipinski definition) is 3. The Bertz CT molecular complexity index is 512. The van der Waals surface area contributed by atoms with Gasteiger partial charge < -0.3 is 15.7 Å². The van der Waals surface area contributed by atoms with E-state index in [0.717, 1.165) is 19.3 Å². The summed E-state index contributed by atoms with van der Waals surface area (Å²) in [5, 5.41) is 14.1. The van der Waals surface area contributed by atoms with Crippen molar-refractivity contribution in [2.45, 2.75) is 38.7 Å². The van der Waals surface area contributed by atoms with E-state index >= 15 is 0 Å². The van der Waals surface area contributed by atoms with Crippen LogP contribution in [0.1, 0.15) is 30.9 Å². The first-order valence-corrected chi connectivity index (χ1v) is 6.95. The molecule has 0 heterocycles. The highest BCUT2D eigenvalue weighted by atomic mass is 16.3. The van der Waals surface area contributed by atoms with Crippen LogP contribution in [0.4, 0.5) is 5.69 Å². The van der Waals surface area contributed by atoms with Gasteiger partial charge in [-0.15, -0.1) is 0 Å². The number of aliphatic hydroxyl groups excluding tert-OH is 1. The van der Waals surface area contributed by atoms with Crippen LogP contribution in [0, 0.1) is 0 Å². The Balaban J connectivity index is 1.86. The van der Waals surface area contributed by atoms with Gasteiger partial charge in [0.15, 0.2) is 0 Å². The van der Waals surface area contributed by atoms with Crippen LogP contribution in [0.2, 0.25) is 0 Å². The van der Waals surface area contributed by atoms with Gasteiger partial charge in [-0.2, -0.15) is 0 Å². The zero-order valence-corrected chi connectivity index (χ0v) is 11.6. The van der Waals surface area contributed by atoms with E-state index in [0.29, 0.717) is 12.1 Å². The topological polar surface area (TPSA) is 78.4 Å². The normalized spacial score (nSPS) is 14.5. The summed E-state index contributed by atoms with van der Waals surface area (Å²) in [6.45, 7) is 1.92. The molecule has 0 radical (unpaired) electrons. The predicted octanol–water partition coefficient (Wildman–Crippen LogP) is 1.00. The van der Waals surface area contributed by atoms with Crippen molar-refractivity contribution in [1.29, 1.82) is 0 Å². The highest BCUT2D eigenvalue weighted by molar-refractivity contribution is 6.39. The first kappa shape index (κ1) is 14.5. The lowest BCUT2D eigenvalue weighted by molar-refractivity contribution is -0.136. The Labute approximate surface area is 118 Å². The summed E-state index contributed by atoms with van der Waals surface area (Å²) in [5.41, 5.74) is 3.23. The number of hydrogen-bond donors (Lipinski definition) is 3. The molecule has 0 aromatic heterocycles. The van der Waals surface area contributed by atoms with E-state index in [1.165, 1.54) is 11.1 Å². The van der Waals surface area contributed by atoms with Crippen molar-refractivity contribution in [2.75, 3.05) is 11.9 Å². The van der Waals surface area contributed by atoms with E-state index < -0.39 is 17.9 Å². The zero-order chi connectivity index (χ0) is 14.5. The van der Waals surface area contributed by atoms with Gasteiger partial charge in [-0.25, -0.2) is 0 Å². The maximum absolute atomic E-state index is 11.7. The fourth-order valence-electron chi connectivity index (χ4n) is 2.31. The van der Waals surface area contributed by atoms with E-state index in [1.54, 1.807) is 6.92 Å². The smallest absolute Gasteiger partial charge is 0.313 e. The van der Waals surface area contributed by atoms with Gasteiger partial charge in [-0.1, -0.05) is 6.07 Å². The Morgan fingerprint density at radius 3 is 2.75 bits per heavy atom. The second kappa shape index (κ2) is 6.52. The fourth-order valence-corrected chi connectivity index (χ4v) is 2.31.